The highest BCUT2D eigenvalue weighted by molar-refractivity contribution is 7.12. The van der Waals surface area contributed by atoms with Gasteiger partial charge in [0.15, 0.2) is 0 Å². The van der Waals surface area contributed by atoms with E-state index in [4.69, 9.17) is 5.11 Å². The van der Waals surface area contributed by atoms with Gasteiger partial charge in [-0.15, -0.1) is 11.3 Å². The number of fused-ring (bicyclic) bond motifs is 1. The summed E-state index contributed by atoms with van der Waals surface area (Å²) in [6, 6.07) is 5.03. The van der Waals surface area contributed by atoms with Gasteiger partial charge in [-0.1, -0.05) is 11.8 Å². The zero-order valence-electron chi connectivity index (χ0n) is 11.1. The molecule has 102 valence electrons. The van der Waals surface area contributed by atoms with Crippen LogP contribution >= 0.6 is 11.3 Å². The Labute approximate surface area is 118 Å². The van der Waals surface area contributed by atoms with Crippen LogP contribution in [0, 0.1) is 11.8 Å². The van der Waals surface area contributed by atoms with E-state index in [-0.39, 0.29) is 6.61 Å². The van der Waals surface area contributed by atoms with Crippen molar-refractivity contribution in [2.45, 2.75) is 25.4 Å². The molecule has 1 N–H and O–H groups in total. The maximum absolute atomic E-state index is 8.70. The first-order valence-electron chi connectivity index (χ1n) is 7.00. The highest BCUT2D eigenvalue weighted by Gasteiger charge is 2.30. The Hall–Kier alpha value is -0.860. The lowest BCUT2D eigenvalue weighted by Gasteiger charge is -2.37. The van der Waals surface area contributed by atoms with E-state index in [1.54, 1.807) is 11.3 Å². The molecule has 2 aliphatic heterocycles. The van der Waals surface area contributed by atoms with Crippen molar-refractivity contribution < 1.29 is 5.11 Å². The van der Waals surface area contributed by atoms with E-state index in [2.05, 4.69) is 33.8 Å². The van der Waals surface area contributed by atoms with Crippen LogP contribution in [-0.2, 0) is 6.54 Å². The van der Waals surface area contributed by atoms with Gasteiger partial charge in [-0.3, -0.25) is 9.80 Å². The summed E-state index contributed by atoms with van der Waals surface area (Å²) in [7, 11) is 0. The third-order valence-electron chi connectivity index (χ3n) is 4.00. The quantitative estimate of drug-likeness (QED) is 0.827. The topological polar surface area (TPSA) is 26.7 Å². The summed E-state index contributed by atoms with van der Waals surface area (Å²) < 4.78 is 0. The van der Waals surface area contributed by atoms with E-state index in [0.29, 0.717) is 0 Å². The van der Waals surface area contributed by atoms with Crippen LogP contribution in [0.2, 0.25) is 0 Å². The van der Waals surface area contributed by atoms with Gasteiger partial charge in [0, 0.05) is 37.1 Å². The van der Waals surface area contributed by atoms with E-state index < -0.39 is 0 Å². The number of aliphatic hydroxyl groups is 1. The molecule has 3 nitrogen and oxygen atoms in total. The Balaban J connectivity index is 1.57. The molecule has 1 unspecified atom stereocenters. The lowest BCUT2D eigenvalue weighted by atomic mass is 10.1. The molecule has 0 amide bonds. The molecule has 2 saturated heterocycles. The van der Waals surface area contributed by atoms with E-state index >= 15 is 0 Å². The molecule has 1 aromatic rings. The standard InChI is InChI=1S/C15H20N2OS/c18-10-2-4-14-5-6-15(19-14)12-16-8-9-17-7-1-3-13(17)11-16/h5-6,13,18H,1,3,7-12H2. The molecular formula is C15H20N2OS. The number of hydrogen-bond donors (Lipinski definition) is 1. The third kappa shape index (κ3) is 3.18. The van der Waals surface area contributed by atoms with Crippen LogP contribution in [0.4, 0.5) is 0 Å². The van der Waals surface area contributed by atoms with Crippen molar-refractivity contribution >= 4 is 11.3 Å². The average molecular weight is 276 g/mol. The average Bonchev–Trinajstić information content (AvgIpc) is 3.05. The third-order valence-corrected chi connectivity index (χ3v) is 4.99. The Morgan fingerprint density at radius 1 is 1.32 bits per heavy atom. The van der Waals surface area contributed by atoms with Gasteiger partial charge in [-0.25, -0.2) is 0 Å². The second-order valence-corrected chi connectivity index (χ2v) is 6.46. The van der Waals surface area contributed by atoms with Crippen LogP contribution in [0.25, 0.3) is 0 Å². The minimum atomic E-state index is -0.0587. The monoisotopic (exact) mass is 276 g/mol. The second kappa shape index (κ2) is 6.06. The van der Waals surface area contributed by atoms with Crippen molar-refractivity contribution in [3.05, 3.63) is 21.9 Å². The molecule has 3 heterocycles. The maximum Gasteiger partial charge on any atom is 0.104 e. The summed E-state index contributed by atoms with van der Waals surface area (Å²) >= 11 is 1.75. The number of piperazine rings is 1. The van der Waals surface area contributed by atoms with Crippen LogP contribution in [0.3, 0.4) is 0 Å². The molecule has 0 radical (unpaired) electrons. The van der Waals surface area contributed by atoms with Crippen molar-refractivity contribution in [2.75, 3.05) is 32.8 Å². The van der Waals surface area contributed by atoms with Gasteiger partial charge >= 0.3 is 0 Å². The lowest BCUT2D eigenvalue weighted by molar-refractivity contribution is 0.100. The second-order valence-electron chi connectivity index (χ2n) is 5.29. The van der Waals surface area contributed by atoms with Gasteiger partial charge in [-0.2, -0.15) is 0 Å². The largest absolute Gasteiger partial charge is 0.384 e. The van der Waals surface area contributed by atoms with E-state index in [9.17, 15) is 0 Å². The van der Waals surface area contributed by atoms with Crippen molar-refractivity contribution in [1.82, 2.24) is 9.80 Å². The predicted octanol–water partition coefficient (Wildman–Crippen LogP) is 1.37. The van der Waals surface area contributed by atoms with Crippen LogP contribution in [-0.4, -0.2) is 53.7 Å². The summed E-state index contributed by atoms with van der Waals surface area (Å²) in [5.74, 6) is 5.69. The first kappa shape index (κ1) is 13.1. The zero-order chi connectivity index (χ0) is 13.1. The Morgan fingerprint density at radius 3 is 3.16 bits per heavy atom. The molecule has 0 saturated carbocycles. The van der Waals surface area contributed by atoms with Gasteiger partial charge < -0.3 is 5.11 Å². The van der Waals surface area contributed by atoms with Crippen molar-refractivity contribution in [3.63, 3.8) is 0 Å². The molecule has 0 bridgehead atoms. The van der Waals surface area contributed by atoms with E-state index in [1.807, 2.05) is 0 Å². The van der Waals surface area contributed by atoms with Crippen LogP contribution in [0.5, 0.6) is 0 Å². The van der Waals surface area contributed by atoms with Crippen molar-refractivity contribution in [2.24, 2.45) is 0 Å². The van der Waals surface area contributed by atoms with Gasteiger partial charge in [0.1, 0.15) is 6.61 Å². The number of aliphatic hydroxyl groups excluding tert-OH is 1. The van der Waals surface area contributed by atoms with Crippen molar-refractivity contribution in [1.29, 1.82) is 0 Å². The first-order chi connectivity index (χ1) is 9.35. The fourth-order valence-electron chi connectivity index (χ4n) is 3.08. The smallest absolute Gasteiger partial charge is 0.104 e. The zero-order valence-corrected chi connectivity index (χ0v) is 12.0. The molecule has 0 aliphatic carbocycles. The van der Waals surface area contributed by atoms with Gasteiger partial charge in [0.2, 0.25) is 0 Å². The predicted molar refractivity (Wildman–Crippen MR) is 78.2 cm³/mol. The van der Waals surface area contributed by atoms with Crippen LogP contribution < -0.4 is 0 Å². The minimum absolute atomic E-state index is 0.0587. The van der Waals surface area contributed by atoms with Gasteiger partial charge in [-0.05, 0) is 31.5 Å². The number of rotatable bonds is 2. The Kier molecular flexibility index (Phi) is 4.19. The highest BCUT2D eigenvalue weighted by atomic mass is 32.1. The Bertz CT molecular complexity index is 488. The normalized spacial score (nSPS) is 23.9. The minimum Gasteiger partial charge on any atom is -0.384 e. The lowest BCUT2D eigenvalue weighted by Crippen LogP contribution is -2.49. The van der Waals surface area contributed by atoms with E-state index in [0.717, 1.165) is 17.5 Å². The van der Waals surface area contributed by atoms with Crippen LogP contribution in [0.1, 0.15) is 22.6 Å². The van der Waals surface area contributed by atoms with Crippen molar-refractivity contribution in [3.8, 4) is 11.8 Å². The van der Waals surface area contributed by atoms with E-state index in [1.165, 1.54) is 43.9 Å². The molecule has 1 aromatic heterocycles. The number of hydrogen-bond acceptors (Lipinski definition) is 4. The fraction of sp³-hybridized carbons (Fsp3) is 0.600. The first-order valence-corrected chi connectivity index (χ1v) is 7.81. The maximum atomic E-state index is 8.70. The summed E-state index contributed by atoms with van der Waals surface area (Å²) in [6.07, 6.45) is 2.74. The highest BCUT2D eigenvalue weighted by Crippen LogP contribution is 2.24. The molecular weight excluding hydrogens is 256 g/mol. The van der Waals surface area contributed by atoms with Gasteiger partial charge in [0.25, 0.3) is 0 Å². The summed E-state index contributed by atoms with van der Waals surface area (Å²) in [5.41, 5.74) is 0. The molecule has 1 atom stereocenters. The molecule has 19 heavy (non-hydrogen) atoms. The summed E-state index contributed by atoms with van der Waals surface area (Å²) in [6.45, 7) is 5.93. The molecule has 4 heteroatoms. The SMILES string of the molecule is OCC#Cc1ccc(CN2CCN3CCCC3C2)s1. The van der Waals surface area contributed by atoms with Gasteiger partial charge in [0.05, 0.1) is 4.88 Å². The number of thiophene rings is 1. The fourth-order valence-corrected chi connectivity index (χ4v) is 4.00. The molecule has 2 aliphatic rings. The number of nitrogens with zero attached hydrogens (tertiary/aromatic N) is 2. The Morgan fingerprint density at radius 2 is 2.26 bits per heavy atom. The summed E-state index contributed by atoms with van der Waals surface area (Å²) in [4.78, 5) is 7.65. The molecule has 2 fully saturated rings. The summed E-state index contributed by atoms with van der Waals surface area (Å²) in [5, 5.41) is 8.70. The molecule has 0 spiro atoms. The van der Waals surface area contributed by atoms with Crippen LogP contribution in [0.15, 0.2) is 12.1 Å². The molecule has 0 aromatic carbocycles. The molecule has 3 rings (SSSR count).